The molecule has 0 saturated heterocycles. The van der Waals surface area contributed by atoms with E-state index in [4.69, 9.17) is 44.3 Å². The molecular weight excluding hydrogens is 521 g/mol. The monoisotopic (exact) mass is 541 g/mol. The van der Waals surface area contributed by atoms with Crippen LogP contribution in [-0.2, 0) is 13.7 Å². The number of nitrogens with one attached hydrogen (secondary N) is 1. The van der Waals surface area contributed by atoms with Gasteiger partial charge in [0.15, 0.2) is 11.5 Å². The van der Waals surface area contributed by atoms with Crippen LogP contribution >= 0.6 is 34.8 Å². The lowest BCUT2D eigenvalue weighted by molar-refractivity contribution is 0.285. The number of fused-ring (bicyclic) bond motifs is 1. The Balaban J connectivity index is 1.44. The van der Waals surface area contributed by atoms with Crippen molar-refractivity contribution in [3.05, 3.63) is 81.7 Å². The van der Waals surface area contributed by atoms with Crippen molar-refractivity contribution in [2.75, 3.05) is 12.4 Å². The molecule has 36 heavy (non-hydrogen) atoms. The van der Waals surface area contributed by atoms with Crippen molar-refractivity contribution in [2.24, 2.45) is 7.05 Å². The zero-order valence-electron chi connectivity index (χ0n) is 19.5. The summed E-state index contributed by atoms with van der Waals surface area (Å²) >= 11 is 18.8. The molecule has 1 N–H and O–H groups in total. The molecule has 0 aliphatic heterocycles. The number of halogens is 3. The van der Waals surface area contributed by atoms with Gasteiger partial charge in [-0.25, -0.2) is 9.97 Å². The maximum atomic E-state index is 6.57. The predicted molar refractivity (Wildman–Crippen MR) is 144 cm³/mol. The van der Waals surface area contributed by atoms with Crippen molar-refractivity contribution < 1.29 is 9.47 Å². The van der Waals surface area contributed by atoms with E-state index in [1.807, 2.05) is 54.6 Å². The van der Waals surface area contributed by atoms with Crippen molar-refractivity contribution in [1.29, 1.82) is 0 Å². The molecule has 0 radical (unpaired) electrons. The highest BCUT2D eigenvalue weighted by Gasteiger charge is 2.20. The third-order valence-corrected chi connectivity index (χ3v) is 7.11. The van der Waals surface area contributed by atoms with E-state index in [1.54, 1.807) is 18.8 Å². The third kappa shape index (κ3) is 4.87. The second kappa shape index (κ2) is 10.4. The molecule has 1 aliphatic carbocycles. The Morgan fingerprint density at radius 2 is 1.86 bits per heavy atom. The Labute approximate surface area is 223 Å². The van der Waals surface area contributed by atoms with Crippen molar-refractivity contribution in [1.82, 2.24) is 19.7 Å². The molecule has 7 nitrogen and oxygen atoms in total. The van der Waals surface area contributed by atoms with E-state index in [1.165, 1.54) is 6.33 Å². The number of benzene rings is 2. The number of ether oxygens (including phenoxy) is 2. The van der Waals surface area contributed by atoms with E-state index in [-0.39, 0.29) is 12.6 Å². The highest BCUT2D eigenvalue weighted by Crippen LogP contribution is 2.37. The quantitative estimate of drug-likeness (QED) is 0.280. The van der Waals surface area contributed by atoms with Crippen LogP contribution in [0.5, 0.6) is 11.5 Å². The molecule has 184 valence electrons. The normalized spacial score (nSPS) is 15.4. The zero-order chi connectivity index (χ0) is 25.2. The van der Waals surface area contributed by atoms with Gasteiger partial charge in [0, 0.05) is 24.1 Å². The molecule has 0 fully saturated rings. The summed E-state index contributed by atoms with van der Waals surface area (Å²) in [5, 5.41) is 10.3. The van der Waals surface area contributed by atoms with Gasteiger partial charge in [-0.2, -0.15) is 5.10 Å². The molecule has 5 rings (SSSR count). The lowest BCUT2D eigenvalue weighted by atomic mass is 10.1. The first kappa shape index (κ1) is 24.4. The van der Waals surface area contributed by atoms with Crippen LogP contribution in [0.3, 0.4) is 0 Å². The zero-order valence-corrected chi connectivity index (χ0v) is 21.8. The van der Waals surface area contributed by atoms with Gasteiger partial charge in [0.05, 0.1) is 34.3 Å². The van der Waals surface area contributed by atoms with Crippen LogP contribution < -0.4 is 14.8 Å². The Morgan fingerprint density at radius 3 is 2.61 bits per heavy atom. The van der Waals surface area contributed by atoms with E-state index < -0.39 is 0 Å². The van der Waals surface area contributed by atoms with E-state index in [0.29, 0.717) is 44.5 Å². The van der Waals surface area contributed by atoms with E-state index in [9.17, 15) is 0 Å². The summed E-state index contributed by atoms with van der Waals surface area (Å²) in [6.07, 6.45) is 5.94. The SMILES string of the molecule is COc1cc2c(NC3C=C(Cl)C(Cl)=CC3)ncnc2cc1OCc1c(-c2ccccc2)nn(C)c1Cl. The van der Waals surface area contributed by atoms with Gasteiger partial charge >= 0.3 is 0 Å². The minimum atomic E-state index is -0.0517. The van der Waals surface area contributed by atoms with Crippen LogP contribution in [0.25, 0.3) is 22.2 Å². The first-order chi connectivity index (χ1) is 17.4. The lowest BCUT2D eigenvalue weighted by Gasteiger charge is -2.19. The topological polar surface area (TPSA) is 74.1 Å². The average Bonchev–Trinajstić information content (AvgIpc) is 3.18. The largest absolute Gasteiger partial charge is 0.493 e. The number of hydrogen-bond donors (Lipinski definition) is 1. The first-order valence-electron chi connectivity index (χ1n) is 11.2. The Kier molecular flexibility index (Phi) is 7.05. The molecule has 0 saturated carbocycles. The van der Waals surface area contributed by atoms with Crippen LogP contribution in [0, 0.1) is 0 Å². The van der Waals surface area contributed by atoms with E-state index in [0.717, 1.165) is 22.2 Å². The number of allylic oxidation sites excluding steroid dienone is 2. The smallest absolute Gasteiger partial charge is 0.163 e. The van der Waals surface area contributed by atoms with Crippen LogP contribution in [0.4, 0.5) is 5.82 Å². The molecule has 0 spiro atoms. The standard InChI is InChI=1S/C26H22Cl3N5O2/c1-34-25(29)18(24(33-34)15-6-4-3-5-7-15)13-36-23-12-21-17(11-22(23)35-2)26(31-14-30-21)32-16-8-9-19(27)20(28)10-16/h3-7,9-12,14,16H,8,13H2,1-2H3,(H,30,31,32). The molecule has 4 aromatic rings. The predicted octanol–water partition coefficient (Wildman–Crippen LogP) is 6.70. The summed E-state index contributed by atoms with van der Waals surface area (Å²) in [4.78, 5) is 8.87. The van der Waals surface area contributed by atoms with Crippen LogP contribution in [-0.4, -0.2) is 32.9 Å². The molecule has 1 atom stereocenters. The van der Waals surface area contributed by atoms with Gasteiger partial charge in [-0.1, -0.05) is 71.2 Å². The minimum Gasteiger partial charge on any atom is -0.493 e. The third-order valence-electron chi connectivity index (χ3n) is 5.86. The molecule has 0 amide bonds. The first-order valence-corrected chi connectivity index (χ1v) is 12.3. The maximum Gasteiger partial charge on any atom is 0.163 e. The molecule has 1 aliphatic rings. The second-order valence-electron chi connectivity index (χ2n) is 8.19. The van der Waals surface area contributed by atoms with Crippen molar-refractivity contribution in [3.8, 4) is 22.8 Å². The Hall–Kier alpha value is -3.26. The molecule has 2 aromatic carbocycles. The number of methoxy groups -OCH3 is 1. The Morgan fingerprint density at radius 1 is 1.06 bits per heavy atom. The molecule has 0 bridgehead atoms. The van der Waals surface area contributed by atoms with Crippen LogP contribution in [0.2, 0.25) is 5.15 Å². The average molecular weight is 543 g/mol. The minimum absolute atomic E-state index is 0.0517. The fourth-order valence-corrected chi connectivity index (χ4v) is 4.60. The van der Waals surface area contributed by atoms with E-state index in [2.05, 4.69) is 20.4 Å². The number of rotatable bonds is 7. The second-order valence-corrected chi connectivity index (χ2v) is 9.36. The van der Waals surface area contributed by atoms with Crippen LogP contribution in [0.15, 0.2) is 71.0 Å². The fourth-order valence-electron chi connectivity index (χ4n) is 4.03. The van der Waals surface area contributed by atoms with Gasteiger partial charge in [-0.3, -0.25) is 4.68 Å². The van der Waals surface area contributed by atoms with Crippen molar-refractivity contribution >= 4 is 51.5 Å². The molecular formula is C26H22Cl3N5O2. The molecule has 2 heterocycles. The van der Waals surface area contributed by atoms with Gasteiger partial charge in [-0.05, 0) is 18.6 Å². The summed E-state index contributed by atoms with van der Waals surface area (Å²) in [6, 6.07) is 13.5. The van der Waals surface area contributed by atoms with Crippen molar-refractivity contribution in [2.45, 2.75) is 19.1 Å². The summed E-state index contributed by atoms with van der Waals surface area (Å²) in [5.41, 5.74) is 3.21. The maximum absolute atomic E-state index is 6.57. The number of aromatic nitrogens is 4. The number of hydrogen-bond acceptors (Lipinski definition) is 6. The molecule has 2 aromatic heterocycles. The summed E-state index contributed by atoms with van der Waals surface area (Å²) in [5.74, 6) is 1.73. The summed E-state index contributed by atoms with van der Waals surface area (Å²) < 4.78 is 13.5. The van der Waals surface area contributed by atoms with Gasteiger partial charge in [0.25, 0.3) is 0 Å². The highest BCUT2D eigenvalue weighted by atomic mass is 35.5. The number of nitrogens with zero attached hydrogens (tertiary/aromatic N) is 4. The summed E-state index contributed by atoms with van der Waals surface area (Å²) in [7, 11) is 3.40. The summed E-state index contributed by atoms with van der Waals surface area (Å²) in [6.45, 7) is 0.202. The number of aryl methyl sites for hydroxylation is 1. The van der Waals surface area contributed by atoms with E-state index >= 15 is 0 Å². The van der Waals surface area contributed by atoms with Gasteiger partial charge in [-0.15, -0.1) is 0 Å². The van der Waals surface area contributed by atoms with Crippen LogP contribution in [0.1, 0.15) is 12.0 Å². The van der Waals surface area contributed by atoms with Gasteiger partial charge in [0.2, 0.25) is 0 Å². The van der Waals surface area contributed by atoms with Gasteiger partial charge < -0.3 is 14.8 Å². The van der Waals surface area contributed by atoms with Crippen molar-refractivity contribution in [3.63, 3.8) is 0 Å². The van der Waals surface area contributed by atoms with Gasteiger partial charge in [0.1, 0.15) is 29.6 Å². The number of anilines is 1. The molecule has 1 unspecified atom stereocenters. The molecule has 10 heteroatoms. The lowest BCUT2D eigenvalue weighted by Crippen LogP contribution is -2.19. The fraction of sp³-hybridized carbons (Fsp3) is 0.192. The Bertz CT molecular complexity index is 1480. The highest BCUT2D eigenvalue weighted by molar-refractivity contribution is 6.44.